The summed E-state index contributed by atoms with van der Waals surface area (Å²) in [6.45, 7) is -0.205. The van der Waals surface area contributed by atoms with Gasteiger partial charge in [0.1, 0.15) is 17.5 Å². The third kappa shape index (κ3) is 10.5. The van der Waals surface area contributed by atoms with Gasteiger partial charge in [0.2, 0.25) is 18.2 Å². The number of aliphatic hydroxyl groups is 1. The molecule has 12 heteroatoms. The van der Waals surface area contributed by atoms with Crippen molar-refractivity contribution in [2.75, 3.05) is 13.1 Å². The Hall–Kier alpha value is -4.42. The van der Waals surface area contributed by atoms with Crippen LogP contribution in [-0.4, -0.2) is 59.0 Å². The molecule has 1 saturated heterocycles. The molecule has 1 atom stereocenters. The molecule has 2 aromatic carbocycles. The lowest BCUT2D eigenvalue weighted by atomic mass is 10.2. The van der Waals surface area contributed by atoms with Gasteiger partial charge in [0.25, 0.3) is 0 Å². The van der Waals surface area contributed by atoms with Crippen LogP contribution in [0.5, 0.6) is 11.5 Å². The first-order chi connectivity index (χ1) is 20.3. The number of aromatic nitrogens is 1. The van der Waals surface area contributed by atoms with E-state index in [1.807, 2.05) is 60.7 Å². The molecule has 9 nitrogen and oxygen atoms in total. The van der Waals surface area contributed by atoms with E-state index in [0.717, 1.165) is 32.9 Å². The third-order valence-corrected chi connectivity index (χ3v) is 7.10. The lowest BCUT2D eigenvalue weighted by Crippen LogP contribution is -2.48. The Balaban J connectivity index is 0.000000227. The molecule has 222 valence electrons. The maximum absolute atomic E-state index is 12.4. The Bertz CT molecular complexity index is 1400. The minimum atomic E-state index is -3.17. The first-order valence-electron chi connectivity index (χ1n) is 13.1. The Morgan fingerprint density at radius 2 is 1.88 bits per heavy atom. The van der Waals surface area contributed by atoms with E-state index in [2.05, 4.69) is 28.6 Å². The molecule has 0 spiro atoms. The largest absolute Gasteiger partial charge is 0.457 e. The van der Waals surface area contributed by atoms with Crippen LogP contribution in [-0.2, 0) is 20.9 Å². The zero-order valence-corrected chi connectivity index (χ0v) is 23.7. The Kier molecular flexibility index (Phi) is 12.8. The van der Waals surface area contributed by atoms with Gasteiger partial charge in [0, 0.05) is 33.9 Å². The fourth-order valence-electron chi connectivity index (χ4n) is 4.19. The van der Waals surface area contributed by atoms with Crippen LogP contribution in [0.15, 0.2) is 79.1 Å². The summed E-state index contributed by atoms with van der Waals surface area (Å²) in [6.07, 6.45) is 5.47. The second-order valence-electron chi connectivity index (χ2n) is 9.10. The topological polar surface area (TPSA) is 121 Å². The van der Waals surface area contributed by atoms with Gasteiger partial charge in [0.05, 0.1) is 13.1 Å². The zero-order chi connectivity index (χ0) is 30.3. The van der Waals surface area contributed by atoms with Gasteiger partial charge in [-0.1, -0.05) is 30.3 Å². The van der Waals surface area contributed by atoms with Gasteiger partial charge in [0.15, 0.2) is 0 Å². The minimum absolute atomic E-state index is 0.0728. The van der Waals surface area contributed by atoms with Gasteiger partial charge >= 0.3 is 6.61 Å². The second kappa shape index (κ2) is 16.7. The number of likely N-dealkylation sites (tertiary alicyclic amines) is 1. The molecule has 3 heterocycles. The molecule has 0 aliphatic carbocycles. The number of benzene rings is 2. The maximum atomic E-state index is 12.4. The molecule has 42 heavy (non-hydrogen) atoms. The van der Waals surface area contributed by atoms with Crippen molar-refractivity contribution in [1.29, 1.82) is 0 Å². The fourth-order valence-corrected chi connectivity index (χ4v) is 5.16. The van der Waals surface area contributed by atoms with E-state index in [-0.39, 0.29) is 18.4 Å². The molecule has 1 fully saturated rings. The highest BCUT2D eigenvalue weighted by atomic mass is 32.1. The molecule has 1 aliphatic heterocycles. The van der Waals surface area contributed by atoms with Crippen LogP contribution in [0.3, 0.4) is 0 Å². The summed E-state index contributed by atoms with van der Waals surface area (Å²) in [5, 5.41) is 13.0. The van der Waals surface area contributed by atoms with Crippen molar-refractivity contribution >= 4 is 39.6 Å². The number of carbonyl (C=O) groups is 3. The quantitative estimate of drug-likeness (QED) is 0.254. The normalized spacial score (nSPS) is 13.8. The number of thiophene rings is 1. The van der Waals surface area contributed by atoms with Crippen molar-refractivity contribution in [3.05, 3.63) is 89.6 Å². The molecule has 4 aromatic rings. The van der Waals surface area contributed by atoms with E-state index in [0.29, 0.717) is 25.9 Å². The summed E-state index contributed by atoms with van der Waals surface area (Å²) >= 11 is 1.62. The van der Waals surface area contributed by atoms with Crippen molar-refractivity contribution in [3.63, 3.8) is 0 Å². The first kappa shape index (κ1) is 32.1. The third-order valence-electron chi connectivity index (χ3n) is 5.99. The molecular weight excluding hydrogens is 566 g/mol. The van der Waals surface area contributed by atoms with E-state index in [4.69, 9.17) is 9.84 Å². The number of carbonyl (C=O) groups excluding carboxylic acids is 3. The van der Waals surface area contributed by atoms with E-state index in [1.54, 1.807) is 28.6 Å². The average molecular weight is 599 g/mol. The molecule has 0 radical (unpaired) electrons. The number of pyridine rings is 1. The highest BCUT2D eigenvalue weighted by molar-refractivity contribution is 7.19. The lowest BCUT2D eigenvalue weighted by Gasteiger charge is -2.23. The van der Waals surface area contributed by atoms with Crippen LogP contribution in [0, 0.1) is 6.92 Å². The number of halogens is 2. The molecule has 1 unspecified atom stereocenters. The highest BCUT2D eigenvalue weighted by Crippen LogP contribution is 2.25. The molecule has 1 aliphatic rings. The Morgan fingerprint density at radius 1 is 1.14 bits per heavy atom. The summed E-state index contributed by atoms with van der Waals surface area (Å²) in [6, 6.07) is 21.3. The van der Waals surface area contributed by atoms with Crippen LogP contribution < -0.4 is 15.4 Å². The number of nitrogens with zero attached hydrogens (tertiary/aromatic N) is 2. The molecular formula is C30H32F2N4O5S. The van der Waals surface area contributed by atoms with Crippen molar-refractivity contribution < 1.29 is 33.0 Å². The molecule has 5 rings (SSSR count). The smallest absolute Gasteiger partial charge is 0.342 e. The number of aliphatic hydroxyl groups excluding tert-OH is 1. The summed E-state index contributed by atoms with van der Waals surface area (Å²) in [5.74, 6) is 1.38. The number of hydrogen-bond acceptors (Lipinski definition) is 7. The average Bonchev–Trinajstić information content (AvgIpc) is 3.63. The van der Waals surface area contributed by atoms with Gasteiger partial charge in [-0.2, -0.15) is 8.78 Å². The van der Waals surface area contributed by atoms with Crippen LogP contribution in [0.25, 0.3) is 10.1 Å². The maximum Gasteiger partial charge on any atom is 0.342 e. The number of fused-ring (bicyclic) bond motifs is 1. The number of nitrogens with one attached hydrogen (secondary N) is 2. The van der Waals surface area contributed by atoms with Gasteiger partial charge < -0.3 is 25.4 Å². The van der Waals surface area contributed by atoms with Crippen molar-refractivity contribution in [2.45, 2.75) is 39.0 Å². The van der Waals surface area contributed by atoms with Gasteiger partial charge in [-0.15, -0.1) is 11.3 Å². The standard InChI is InChI=1S/C16H18N4O3S.C13H12O.CH2F2O/c21-10-18-9-15(22)20-5-1-2-13(20)16(23)19-8-12-6-11-7-17-4-3-14(11)24-12;1-11-6-5-9-13(10-11)14-12-7-3-2-4-8-12;2-1(3)4/h3-4,6-7,10,13H,1-2,5,8-9H2,(H,18,21)(H,19,23);2-10H,1H3;1,4H. The number of rotatable bonds is 8. The van der Waals surface area contributed by atoms with Gasteiger partial charge in [-0.25, -0.2) is 0 Å². The van der Waals surface area contributed by atoms with Gasteiger partial charge in [-0.3, -0.25) is 19.4 Å². The van der Waals surface area contributed by atoms with Crippen LogP contribution >= 0.6 is 11.3 Å². The molecule has 0 bridgehead atoms. The molecule has 3 amide bonds. The fraction of sp³-hybridized carbons (Fsp3) is 0.267. The lowest BCUT2D eigenvalue weighted by molar-refractivity contribution is -0.138. The second-order valence-corrected chi connectivity index (χ2v) is 10.3. The van der Waals surface area contributed by atoms with Gasteiger partial charge in [-0.05, 0) is 61.7 Å². The number of ether oxygens (including phenoxy) is 1. The van der Waals surface area contributed by atoms with E-state index >= 15 is 0 Å². The van der Waals surface area contributed by atoms with E-state index in [9.17, 15) is 23.2 Å². The Morgan fingerprint density at radius 3 is 2.57 bits per heavy atom. The molecule has 3 N–H and O–H groups in total. The Labute approximate surface area is 246 Å². The van der Waals surface area contributed by atoms with Crippen molar-refractivity contribution in [1.82, 2.24) is 20.5 Å². The predicted molar refractivity (Wildman–Crippen MR) is 156 cm³/mol. The first-order valence-corrected chi connectivity index (χ1v) is 13.9. The predicted octanol–water partition coefficient (Wildman–Crippen LogP) is 4.64. The summed E-state index contributed by atoms with van der Waals surface area (Å²) in [7, 11) is 0. The van der Waals surface area contributed by atoms with Crippen LogP contribution in [0.2, 0.25) is 0 Å². The van der Waals surface area contributed by atoms with E-state index < -0.39 is 12.7 Å². The SMILES string of the molecule is Cc1cccc(Oc2ccccc2)c1.O=CNCC(=O)N1CCCC1C(=O)NCc1cc2cnccc2s1.OC(F)F. The number of amides is 3. The molecule has 2 aromatic heterocycles. The van der Waals surface area contributed by atoms with Crippen molar-refractivity contribution in [2.24, 2.45) is 0 Å². The van der Waals surface area contributed by atoms with Crippen molar-refractivity contribution in [3.8, 4) is 11.5 Å². The zero-order valence-electron chi connectivity index (χ0n) is 22.9. The number of aryl methyl sites for hydroxylation is 1. The summed E-state index contributed by atoms with van der Waals surface area (Å²) < 4.78 is 26.6. The molecule has 0 saturated carbocycles. The van der Waals surface area contributed by atoms with E-state index in [1.165, 1.54) is 5.56 Å². The minimum Gasteiger partial charge on any atom is -0.457 e. The number of para-hydroxylation sites is 1. The highest BCUT2D eigenvalue weighted by Gasteiger charge is 2.33. The summed E-state index contributed by atoms with van der Waals surface area (Å²) in [4.78, 5) is 41.4. The van der Waals surface area contributed by atoms with Crippen LogP contribution in [0.1, 0.15) is 23.3 Å². The number of hydrogen-bond donors (Lipinski definition) is 3. The van der Waals surface area contributed by atoms with Crippen LogP contribution in [0.4, 0.5) is 8.78 Å². The number of alkyl halides is 2. The summed E-state index contributed by atoms with van der Waals surface area (Å²) in [5.41, 5.74) is 1.21. The monoisotopic (exact) mass is 598 g/mol.